The van der Waals surface area contributed by atoms with Gasteiger partial charge in [0.05, 0.1) is 11.8 Å². The molecule has 5 heteroatoms. The highest BCUT2D eigenvalue weighted by molar-refractivity contribution is 5.84. The normalized spacial score (nSPS) is 10.9. The Morgan fingerprint density at radius 2 is 1.76 bits per heavy atom. The minimum absolute atomic E-state index is 0.0926. The van der Waals surface area contributed by atoms with Crippen molar-refractivity contribution >= 4 is 10.9 Å². The number of rotatable bonds is 0. The van der Waals surface area contributed by atoms with Crippen LogP contribution in [0.3, 0.4) is 0 Å². The topological polar surface area (TPSA) is 25.8 Å². The first kappa shape index (κ1) is 13.4. The van der Waals surface area contributed by atoms with Gasteiger partial charge in [0.1, 0.15) is 5.52 Å². The maximum Gasteiger partial charge on any atom is 0.418 e. The third kappa shape index (κ3) is 2.72. The fourth-order valence-electron chi connectivity index (χ4n) is 1.44. The zero-order valence-electron chi connectivity index (χ0n) is 9.84. The van der Waals surface area contributed by atoms with E-state index in [1.807, 2.05) is 13.8 Å². The van der Waals surface area contributed by atoms with Crippen molar-refractivity contribution < 1.29 is 13.2 Å². The zero-order valence-corrected chi connectivity index (χ0v) is 9.84. The van der Waals surface area contributed by atoms with Crippen LogP contribution in [0.25, 0.3) is 10.9 Å². The average molecular weight is 242 g/mol. The molecule has 0 aliphatic rings. The molecule has 2 nitrogen and oxygen atoms in total. The van der Waals surface area contributed by atoms with Crippen molar-refractivity contribution in [2.75, 3.05) is 0 Å². The van der Waals surface area contributed by atoms with Crippen LogP contribution in [0, 0.1) is 6.92 Å². The van der Waals surface area contributed by atoms with Crippen molar-refractivity contribution in [2.45, 2.75) is 26.9 Å². The van der Waals surface area contributed by atoms with Crippen LogP contribution in [0.4, 0.5) is 13.2 Å². The molecule has 1 aromatic carbocycles. The molecule has 0 saturated carbocycles. The van der Waals surface area contributed by atoms with Gasteiger partial charge in [-0.15, -0.1) is 5.10 Å². The Balaban J connectivity index is 0.000000686. The van der Waals surface area contributed by atoms with Crippen LogP contribution in [-0.2, 0) is 6.18 Å². The van der Waals surface area contributed by atoms with E-state index in [1.54, 1.807) is 13.0 Å². The third-order valence-corrected chi connectivity index (χ3v) is 2.18. The van der Waals surface area contributed by atoms with E-state index in [9.17, 15) is 13.2 Å². The van der Waals surface area contributed by atoms with Crippen LogP contribution in [0.1, 0.15) is 25.0 Å². The molecule has 0 N–H and O–H groups in total. The molecule has 0 atom stereocenters. The predicted molar refractivity (Wildman–Crippen MR) is 60.6 cm³/mol. The molecule has 0 aliphatic carbocycles. The summed E-state index contributed by atoms with van der Waals surface area (Å²) >= 11 is 0. The molecule has 0 fully saturated rings. The molecule has 2 aromatic rings. The summed E-state index contributed by atoms with van der Waals surface area (Å²) in [6.45, 7) is 5.71. The standard InChI is InChI=1S/C10H7F3N2.C2H6/c1-6-5-14-15-9-7(6)3-2-4-8(9)10(11,12)13;1-2/h2-5H,1H3;1-2H3. The van der Waals surface area contributed by atoms with Gasteiger partial charge in [-0.05, 0) is 18.6 Å². The van der Waals surface area contributed by atoms with Crippen molar-refractivity contribution in [1.29, 1.82) is 0 Å². The van der Waals surface area contributed by atoms with Gasteiger partial charge in [-0.2, -0.15) is 18.3 Å². The van der Waals surface area contributed by atoms with Crippen LogP contribution in [-0.4, -0.2) is 10.2 Å². The largest absolute Gasteiger partial charge is 0.418 e. The molecule has 0 aliphatic heterocycles. The lowest BCUT2D eigenvalue weighted by atomic mass is 10.1. The summed E-state index contributed by atoms with van der Waals surface area (Å²) < 4.78 is 37.7. The summed E-state index contributed by atoms with van der Waals surface area (Å²) in [7, 11) is 0. The number of hydrogen-bond acceptors (Lipinski definition) is 2. The Labute approximate surface area is 97.5 Å². The Morgan fingerprint density at radius 1 is 1.12 bits per heavy atom. The number of aromatic nitrogens is 2. The van der Waals surface area contributed by atoms with Gasteiger partial charge >= 0.3 is 6.18 Å². The number of halogens is 3. The van der Waals surface area contributed by atoms with Crippen molar-refractivity contribution in [3.05, 3.63) is 35.5 Å². The Morgan fingerprint density at radius 3 is 2.35 bits per heavy atom. The maximum atomic E-state index is 12.6. The molecular weight excluding hydrogens is 229 g/mol. The van der Waals surface area contributed by atoms with Gasteiger partial charge in [-0.1, -0.05) is 26.0 Å². The molecule has 1 heterocycles. The summed E-state index contributed by atoms with van der Waals surface area (Å²) in [6.07, 6.45) is -2.94. The highest BCUT2D eigenvalue weighted by atomic mass is 19.4. The zero-order chi connectivity index (χ0) is 13.1. The van der Waals surface area contributed by atoms with Crippen molar-refractivity contribution in [3.8, 4) is 0 Å². The van der Waals surface area contributed by atoms with E-state index >= 15 is 0 Å². The van der Waals surface area contributed by atoms with Gasteiger partial charge in [0, 0.05) is 5.39 Å². The van der Waals surface area contributed by atoms with Crippen LogP contribution < -0.4 is 0 Å². The monoisotopic (exact) mass is 242 g/mol. The van der Waals surface area contributed by atoms with Crippen LogP contribution in [0.5, 0.6) is 0 Å². The van der Waals surface area contributed by atoms with Crippen LogP contribution in [0.15, 0.2) is 24.4 Å². The summed E-state index contributed by atoms with van der Waals surface area (Å²) in [5.41, 5.74) is -0.146. The SMILES string of the molecule is CC.Cc1cnnc2c(C(F)(F)F)cccc12. The molecule has 92 valence electrons. The van der Waals surface area contributed by atoms with Gasteiger partial charge in [-0.25, -0.2) is 0 Å². The van der Waals surface area contributed by atoms with E-state index in [-0.39, 0.29) is 5.52 Å². The lowest BCUT2D eigenvalue weighted by molar-refractivity contribution is -0.136. The molecule has 0 amide bonds. The van der Waals surface area contributed by atoms with E-state index in [1.165, 1.54) is 12.3 Å². The van der Waals surface area contributed by atoms with Gasteiger partial charge < -0.3 is 0 Å². The maximum absolute atomic E-state index is 12.6. The summed E-state index contributed by atoms with van der Waals surface area (Å²) in [4.78, 5) is 0. The number of nitrogens with zero attached hydrogens (tertiary/aromatic N) is 2. The van der Waals surface area contributed by atoms with E-state index in [4.69, 9.17) is 0 Å². The van der Waals surface area contributed by atoms with E-state index in [2.05, 4.69) is 10.2 Å². The number of hydrogen-bond donors (Lipinski definition) is 0. The Bertz CT molecular complexity index is 507. The summed E-state index contributed by atoms with van der Waals surface area (Å²) in [5, 5.41) is 7.56. The quantitative estimate of drug-likeness (QED) is 0.698. The number of benzene rings is 1. The van der Waals surface area contributed by atoms with Crippen molar-refractivity contribution in [2.24, 2.45) is 0 Å². The number of fused-ring (bicyclic) bond motifs is 1. The van der Waals surface area contributed by atoms with E-state index < -0.39 is 11.7 Å². The van der Waals surface area contributed by atoms with E-state index in [0.717, 1.165) is 6.07 Å². The minimum atomic E-state index is -4.39. The third-order valence-electron chi connectivity index (χ3n) is 2.18. The lowest BCUT2D eigenvalue weighted by Crippen LogP contribution is -2.07. The summed E-state index contributed by atoms with van der Waals surface area (Å²) in [6, 6.07) is 3.99. The van der Waals surface area contributed by atoms with E-state index in [0.29, 0.717) is 10.9 Å². The molecule has 0 saturated heterocycles. The first-order chi connectivity index (χ1) is 8.00. The second-order valence-electron chi connectivity index (χ2n) is 3.23. The van der Waals surface area contributed by atoms with Gasteiger partial charge in [-0.3, -0.25) is 0 Å². The second-order valence-corrected chi connectivity index (χ2v) is 3.23. The molecule has 0 spiro atoms. The smallest absolute Gasteiger partial charge is 0.166 e. The Kier molecular flexibility index (Phi) is 4.04. The molecule has 2 rings (SSSR count). The van der Waals surface area contributed by atoms with Crippen LogP contribution >= 0.6 is 0 Å². The average Bonchev–Trinajstić information content (AvgIpc) is 2.30. The number of aryl methyl sites for hydroxylation is 1. The van der Waals surface area contributed by atoms with Crippen LogP contribution in [0.2, 0.25) is 0 Å². The summed E-state index contributed by atoms with van der Waals surface area (Å²) in [5.74, 6) is 0. The lowest BCUT2D eigenvalue weighted by Gasteiger charge is -2.09. The first-order valence-electron chi connectivity index (χ1n) is 5.28. The molecular formula is C12H13F3N2. The highest BCUT2D eigenvalue weighted by Crippen LogP contribution is 2.33. The fourth-order valence-corrected chi connectivity index (χ4v) is 1.44. The molecule has 0 radical (unpaired) electrons. The van der Waals surface area contributed by atoms with Crippen molar-refractivity contribution in [1.82, 2.24) is 10.2 Å². The minimum Gasteiger partial charge on any atom is -0.166 e. The first-order valence-corrected chi connectivity index (χ1v) is 5.28. The predicted octanol–water partition coefficient (Wildman–Crippen LogP) is 3.98. The fraction of sp³-hybridized carbons (Fsp3) is 0.333. The molecule has 0 bridgehead atoms. The number of alkyl halides is 3. The second kappa shape index (κ2) is 5.12. The molecule has 17 heavy (non-hydrogen) atoms. The molecule has 1 aromatic heterocycles. The van der Waals surface area contributed by atoms with Crippen molar-refractivity contribution in [3.63, 3.8) is 0 Å². The highest BCUT2D eigenvalue weighted by Gasteiger charge is 2.33. The van der Waals surface area contributed by atoms with Gasteiger partial charge in [0.15, 0.2) is 0 Å². The van der Waals surface area contributed by atoms with Gasteiger partial charge in [0.25, 0.3) is 0 Å². The Hall–Kier alpha value is -1.65. The van der Waals surface area contributed by atoms with Gasteiger partial charge in [0.2, 0.25) is 0 Å². The molecule has 0 unspecified atom stereocenters.